The molecule has 0 aromatic carbocycles. The van der Waals surface area contributed by atoms with Gasteiger partial charge in [-0.05, 0) is 64.2 Å². The van der Waals surface area contributed by atoms with E-state index >= 15 is 0 Å². The van der Waals surface area contributed by atoms with Gasteiger partial charge in [-0.25, -0.2) is 0 Å². The summed E-state index contributed by atoms with van der Waals surface area (Å²) in [6.45, 7) is 4.90. The SMILES string of the molecule is CCCCCCCCCCCCCCCCCCCCCC/C=C/C(O)C(CO)NC(=O)CCCCCCCCCCCC/C=C\C=C/CCCCCOC(=O)CCCCCCCCCCCCCCCCCCC. The summed E-state index contributed by atoms with van der Waals surface area (Å²) in [5.74, 6) is -0.0842. The maximum Gasteiger partial charge on any atom is 0.305 e. The van der Waals surface area contributed by atoms with Crippen LogP contribution in [0.1, 0.15) is 367 Å². The highest BCUT2D eigenvalue weighted by Gasteiger charge is 2.18. The summed E-state index contributed by atoms with van der Waals surface area (Å²) in [5.41, 5.74) is 0. The number of esters is 1. The first-order valence-corrected chi connectivity index (χ1v) is 33.8. The summed E-state index contributed by atoms with van der Waals surface area (Å²) >= 11 is 0. The number of carbonyl (C=O) groups is 2. The van der Waals surface area contributed by atoms with Crippen LogP contribution in [0.4, 0.5) is 0 Å². The molecule has 0 saturated carbocycles. The number of carbonyl (C=O) groups excluding carboxylic acids is 2. The lowest BCUT2D eigenvalue weighted by Crippen LogP contribution is -2.45. The van der Waals surface area contributed by atoms with Crippen LogP contribution < -0.4 is 5.32 Å². The van der Waals surface area contributed by atoms with Crippen molar-refractivity contribution in [1.82, 2.24) is 5.32 Å². The van der Waals surface area contributed by atoms with Gasteiger partial charge in [0, 0.05) is 12.8 Å². The van der Waals surface area contributed by atoms with Gasteiger partial charge in [0.2, 0.25) is 5.91 Å². The van der Waals surface area contributed by atoms with E-state index in [0.29, 0.717) is 19.4 Å². The first-order chi connectivity index (χ1) is 37.0. The molecule has 6 heteroatoms. The maximum atomic E-state index is 12.5. The lowest BCUT2D eigenvalue weighted by molar-refractivity contribution is -0.143. The minimum absolute atomic E-state index is 0.00962. The molecule has 0 aliphatic carbocycles. The van der Waals surface area contributed by atoms with Gasteiger partial charge in [-0.3, -0.25) is 9.59 Å². The molecule has 0 aliphatic heterocycles. The van der Waals surface area contributed by atoms with Crippen molar-refractivity contribution >= 4 is 11.9 Å². The van der Waals surface area contributed by atoms with E-state index in [-0.39, 0.29) is 18.5 Å². The van der Waals surface area contributed by atoms with E-state index in [0.717, 1.165) is 77.0 Å². The average Bonchev–Trinajstić information content (AvgIpc) is 3.41. The van der Waals surface area contributed by atoms with Crippen LogP contribution in [-0.2, 0) is 14.3 Å². The molecule has 2 atom stereocenters. The zero-order valence-corrected chi connectivity index (χ0v) is 50.5. The molecule has 0 heterocycles. The molecule has 0 aromatic rings. The Hall–Kier alpha value is -1.92. The predicted octanol–water partition coefficient (Wildman–Crippen LogP) is 21.5. The Morgan fingerprint density at radius 3 is 0.987 bits per heavy atom. The van der Waals surface area contributed by atoms with Crippen LogP contribution in [0, 0.1) is 0 Å². The summed E-state index contributed by atoms with van der Waals surface area (Å²) in [4.78, 5) is 24.6. The van der Waals surface area contributed by atoms with Crippen molar-refractivity contribution in [1.29, 1.82) is 0 Å². The van der Waals surface area contributed by atoms with Gasteiger partial charge in [0.15, 0.2) is 0 Å². The summed E-state index contributed by atoms with van der Waals surface area (Å²) in [6, 6.07) is -0.637. The third-order valence-electron chi connectivity index (χ3n) is 15.7. The Labute approximate surface area is 468 Å². The first-order valence-electron chi connectivity index (χ1n) is 33.8. The smallest absolute Gasteiger partial charge is 0.305 e. The molecule has 0 saturated heterocycles. The monoisotopic (exact) mass is 1050 g/mol. The Balaban J connectivity index is 3.48. The highest BCUT2D eigenvalue weighted by molar-refractivity contribution is 5.76. The van der Waals surface area contributed by atoms with Gasteiger partial charge in [0.05, 0.1) is 25.4 Å². The largest absolute Gasteiger partial charge is 0.466 e. The van der Waals surface area contributed by atoms with Crippen molar-refractivity contribution in [2.24, 2.45) is 0 Å². The Kier molecular flexibility index (Phi) is 63.0. The first kappa shape index (κ1) is 73.1. The van der Waals surface area contributed by atoms with E-state index < -0.39 is 12.1 Å². The molecule has 6 nitrogen and oxygen atoms in total. The number of nitrogens with one attached hydrogen (secondary N) is 1. The third-order valence-corrected chi connectivity index (χ3v) is 15.7. The molecule has 0 aliphatic rings. The number of aliphatic hydroxyl groups is 2. The zero-order valence-electron chi connectivity index (χ0n) is 50.5. The van der Waals surface area contributed by atoms with E-state index in [9.17, 15) is 19.8 Å². The molecule has 0 fully saturated rings. The summed E-state index contributed by atoms with van der Waals surface area (Å²) in [5, 5.41) is 23.2. The summed E-state index contributed by atoms with van der Waals surface area (Å²) in [7, 11) is 0. The van der Waals surface area contributed by atoms with E-state index in [1.54, 1.807) is 6.08 Å². The standard InChI is InChI=1S/C69H131NO5/c1-3-5-7-9-11-13-15-17-19-21-22-23-24-26-30-33-37-41-45-49-53-57-61-67(72)66(65-71)70-68(73)62-58-54-50-46-42-38-34-31-27-25-28-32-36-40-44-48-52-56-60-64-75-69(74)63-59-55-51-47-43-39-35-29-20-18-16-14-12-10-8-6-4-2/h32,36,40,44,57,61,66-67,71-72H,3-31,33-35,37-39,41-43,45-56,58-60,62-65H2,1-2H3,(H,70,73)/b36-32-,44-40-,61-57+. The molecular formula is C69H131NO5. The molecule has 1 amide bonds. The molecule has 75 heavy (non-hydrogen) atoms. The summed E-state index contributed by atoms with van der Waals surface area (Å²) in [6.07, 6.45) is 82.0. The molecule has 0 radical (unpaired) electrons. The van der Waals surface area contributed by atoms with Crippen molar-refractivity contribution < 1.29 is 24.5 Å². The second-order valence-corrected chi connectivity index (χ2v) is 23.2. The maximum absolute atomic E-state index is 12.5. The zero-order chi connectivity index (χ0) is 54.3. The van der Waals surface area contributed by atoms with Crippen molar-refractivity contribution in [3.8, 4) is 0 Å². The molecule has 0 spiro atoms. The number of aliphatic hydroxyl groups excluding tert-OH is 2. The van der Waals surface area contributed by atoms with Gasteiger partial charge < -0.3 is 20.3 Å². The van der Waals surface area contributed by atoms with E-state index in [1.165, 1.54) is 263 Å². The Morgan fingerprint density at radius 2 is 0.653 bits per heavy atom. The van der Waals surface area contributed by atoms with E-state index in [1.807, 2.05) is 6.08 Å². The molecule has 0 bridgehead atoms. The fraction of sp³-hybridized carbons (Fsp3) is 0.884. The third kappa shape index (κ3) is 61.2. The van der Waals surface area contributed by atoms with Crippen LogP contribution in [0.25, 0.3) is 0 Å². The lowest BCUT2D eigenvalue weighted by Gasteiger charge is -2.20. The summed E-state index contributed by atoms with van der Waals surface area (Å²) < 4.78 is 5.47. The minimum atomic E-state index is -0.853. The van der Waals surface area contributed by atoms with Gasteiger partial charge >= 0.3 is 5.97 Å². The van der Waals surface area contributed by atoms with Gasteiger partial charge in [0.1, 0.15) is 0 Å². The van der Waals surface area contributed by atoms with Gasteiger partial charge in [-0.15, -0.1) is 0 Å². The number of unbranched alkanes of at least 4 members (excludes halogenated alkanes) is 49. The van der Waals surface area contributed by atoms with Gasteiger partial charge in [-0.2, -0.15) is 0 Å². The molecule has 0 aromatic heterocycles. The number of amides is 1. The normalized spacial score (nSPS) is 12.7. The van der Waals surface area contributed by atoms with Gasteiger partial charge in [0.25, 0.3) is 0 Å². The number of rotatable bonds is 63. The second kappa shape index (κ2) is 64.6. The fourth-order valence-corrected chi connectivity index (χ4v) is 10.5. The highest BCUT2D eigenvalue weighted by Crippen LogP contribution is 2.18. The minimum Gasteiger partial charge on any atom is -0.466 e. The number of hydrogen-bond donors (Lipinski definition) is 3. The number of hydrogen-bond acceptors (Lipinski definition) is 5. The molecular weight excluding hydrogens is 923 g/mol. The van der Waals surface area contributed by atoms with Crippen LogP contribution in [0.15, 0.2) is 36.5 Å². The Morgan fingerprint density at radius 1 is 0.373 bits per heavy atom. The van der Waals surface area contributed by atoms with Crippen LogP contribution in [0.2, 0.25) is 0 Å². The molecule has 3 N–H and O–H groups in total. The average molecular weight is 1050 g/mol. The molecule has 2 unspecified atom stereocenters. The quantitative estimate of drug-likeness (QED) is 0.0244. The van der Waals surface area contributed by atoms with E-state index in [4.69, 9.17) is 4.74 Å². The topological polar surface area (TPSA) is 95.9 Å². The van der Waals surface area contributed by atoms with Crippen molar-refractivity contribution in [2.75, 3.05) is 13.2 Å². The van der Waals surface area contributed by atoms with Crippen LogP contribution >= 0.6 is 0 Å². The fourth-order valence-electron chi connectivity index (χ4n) is 10.5. The van der Waals surface area contributed by atoms with Crippen LogP contribution in [0.3, 0.4) is 0 Å². The number of ether oxygens (including phenoxy) is 1. The van der Waals surface area contributed by atoms with Crippen molar-refractivity contribution in [3.05, 3.63) is 36.5 Å². The van der Waals surface area contributed by atoms with Gasteiger partial charge in [-0.1, -0.05) is 326 Å². The van der Waals surface area contributed by atoms with Crippen molar-refractivity contribution in [3.63, 3.8) is 0 Å². The van der Waals surface area contributed by atoms with E-state index in [2.05, 4.69) is 43.5 Å². The van der Waals surface area contributed by atoms with Crippen molar-refractivity contribution in [2.45, 2.75) is 379 Å². The number of allylic oxidation sites excluding steroid dienone is 5. The predicted molar refractivity (Wildman–Crippen MR) is 329 cm³/mol. The Bertz CT molecular complexity index is 1210. The second-order valence-electron chi connectivity index (χ2n) is 23.2. The highest BCUT2D eigenvalue weighted by atomic mass is 16.5. The van der Waals surface area contributed by atoms with Crippen LogP contribution in [-0.4, -0.2) is 47.4 Å². The molecule has 0 rings (SSSR count). The lowest BCUT2D eigenvalue weighted by atomic mass is 10.0. The van der Waals surface area contributed by atoms with Crippen LogP contribution in [0.5, 0.6) is 0 Å². The molecule has 442 valence electrons.